The largest absolute Gasteiger partial charge is 0.368 e. The lowest BCUT2D eigenvalue weighted by molar-refractivity contribution is -0.129. The van der Waals surface area contributed by atoms with E-state index in [1.54, 1.807) is 9.80 Å². The van der Waals surface area contributed by atoms with Gasteiger partial charge in [-0.05, 0) is 38.8 Å². The molecular weight excluding hydrogens is 268 g/mol. The van der Waals surface area contributed by atoms with Crippen LogP contribution in [0.5, 0.6) is 0 Å². The maximum absolute atomic E-state index is 12.6. The molecule has 0 aromatic heterocycles. The normalized spacial score (nSPS) is 21.9. The lowest BCUT2D eigenvalue weighted by atomic mass is 10.1. The lowest BCUT2D eigenvalue weighted by Gasteiger charge is -2.38. The summed E-state index contributed by atoms with van der Waals surface area (Å²) < 4.78 is 5.48. The van der Waals surface area contributed by atoms with E-state index in [4.69, 9.17) is 4.74 Å². The van der Waals surface area contributed by atoms with Crippen LogP contribution in [-0.4, -0.2) is 37.1 Å². The van der Waals surface area contributed by atoms with Crippen molar-refractivity contribution in [1.82, 2.24) is 0 Å². The Labute approximate surface area is 124 Å². The number of ether oxygens (including phenoxy) is 1. The van der Waals surface area contributed by atoms with Crippen molar-refractivity contribution in [2.45, 2.75) is 38.8 Å². The molecule has 0 aliphatic carbocycles. The van der Waals surface area contributed by atoms with E-state index < -0.39 is 6.10 Å². The van der Waals surface area contributed by atoms with Gasteiger partial charge in [0.25, 0.3) is 5.91 Å². The maximum atomic E-state index is 12.6. The highest BCUT2D eigenvalue weighted by Gasteiger charge is 2.37. The molecule has 0 bridgehead atoms. The molecule has 5 heteroatoms. The van der Waals surface area contributed by atoms with Crippen LogP contribution in [0.15, 0.2) is 24.3 Å². The Bertz CT molecular complexity index is 564. The van der Waals surface area contributed by atoms with Crippen molar-refractivity contribution in [1.29, 1.82) is 0 Å². The van der Waals surface area contributed by atoms with Crippen LogP contribution in [0.4, 0.5) is 11.4 Å². The molecule has 1 atom stereocenters. The third-order valence-corrected chi connectivity index (χ3v) is 3.98. The summed E-state index contributed by atoms with van der Waals surface area (Å²) >= 11 is 0. The summed E-state index contributed by atoms with van der Waals surface area (Å²) in [5, 5.41) is 0. The van der Waals surface area contributed by atoms with Crippen LogP contribution in [0.3, 0.4) is 0 Å². The quantitative estimate of drug-likeness (QED) is 0.836. The summed E-state index contributed by atoms with van der Waals surface area (Å²) in [5.41, 5.74) is 1.60. The molecular formula is C16H20N2O3. The summed E-state index contributed by atoms with van der Waals surface area (Å²) in [6.07, 6.45) is 1.23. The number of para-hydroxylation sites is 2. The maximum Gasteiger partial charge on any atom is 0.256 e. The second kappa shape index (κ2) is 5.48. The highest BCUT2D eigenvalue weighted by Crippen LogP contribution is 2.35. The van der Waals surface area contributed by atoms with Gasteiger partial charge in [-0.1, -0.05) is 12.1 Å². The Morgan fingerprint density at radius 1 is 1.29 bits per heavy atom. The Morgan fingerprint density at radius 2 is 2.00 bits per heavy atom. The van der Waals surface area contributed by atoms with E-state index >= 15 is 0 Å². The molecule has 0 radical (unpaired) electrons. The van der Waals surface area contributed by atoms with Gasteiger partial charge >= 0.3 is 0 Å². The zero-order valence-electron chi connectivity index (χ0n) is 12.4. The third kappa shape index (κ3) is 2.42. The van der Waals surface area contributed by atoms with Gasteiger partial charge in [-0.25, -0.2) is 0 Å². The van der Waals surface area contributed by atoms with E-state index in [9.17, 15) is 9.59 Å². The number of anilines is 2. The fourth-order valence-electron chi connectivity index (χ4n) is 3.04. The molecule has 0 spiro atoms. The first-order chi connectivity index (χ1) is 10.1. The average Bonchev–Trinajstić information content (AvgIpc) is 2.99. The van der Waals surface area contributed by atoms with Gasteiger partial charge in [-0.3, -0.25) is 14.5 Å². The van der Waals surface area contributed by atoms with E-state index in [-0.39, 0.29) is 24.4 Å². The van der Waals surface area contributed by atoms with Crippen LogP contribution in [0.25, 0.3) is 0 Å². The number of hydrogen-bond acceptors (Lipinski definition) is 3. The van der Waals surface area contributed by atoms with Crippen molar-refractivity contribution in [2.75, 3.05) is 23.0 Å². The molecule has 0 N–H and O–H groups in total. The predicted molar refractivity (Wildman–Crippen MR) is 80.4 cm³/mol. The molecule has 3 rings (SSSR count). The van der Waals surface area contributed by atoms with Crippen molar-refractivity contribution in [3.05, 3.63) is 24.3 Å². The number of carbonyl (C=O) groups is 2. The van der Waals surface area contributed by atoms with Crippen LogP contribution in [-0.2, 0) is 14.3 Å². The molecule has 112 valence electrons. The molecule has 1 saturated heterocycles. The molecule has 1 unspecified atom stereocenters. The molecule has 0 saturated carbocycles. The average molecular weight is 288 g/mol. The van der Waals surface area contributed by atoms with E-state index in [1.807, 2.05) is 38.1 Å². The summed E-state index contributed by atoms with van der Waals surface area (Å²) in [6.45, 7) is 4.67. The predicted octanol–water partition coefficient (Wildman–Crippen LogP) is 1.95. The van der Waals surface area contributed by atoms with Crippen molar-refractivity contribution in [2.24, 2.45) is 0 Å². The summed E-state index contributed by atoms with van der Waals surface area (Å²) in [7, 11) is 0. The summed E-state index contributed by atoms with van der Waals surface area (Å²) in [5.74, 6) is -0.147. The fourth-order valence-corrected chi connectivity index (χ4v) is 3.04. The molecule has 21 heavy (non-hydrogen) atoms. The number of amides is 2. The van der Waals surface area contributed by atoms with Crippen molar-refractivity contribution in [3.8, 4) is 0 Å². The van der Waals surface area contributed by atoms with Crippen LogP contribution >= 0.6 is 0 Å². The Kier molecular flexibility index (Phi) is 3.68. The first-order valence-electron chi connectivity index (χ1n) is 7.43. The van der Waals surface area contributed by atoms with E-state index in [0.717, 1.165) is 24.2 Å². The monoisotopic (exact) mass is 288 g/mol. The molecule has 2 aliphatic heterocycles. The minimum atomic E-state index is -0.406. The van der Waals surface area contributed by atoms with Gasteiger partial charge in [-0.2, -0.15) is 0 Å². The molecule has 2 aliphatic rings. The Morgan fingerprint density at radius 3 is 2.62 bits per heavy atom. The van der Waals surface area contributed by atoms with E-state index in [0.29, 0.717) is 6.61 Å². The van der Waals surface area contributed by atoms with Gasteiger partial charge in [0.2, 0.25) is 5.91 Å². The fraction of sp³-hybridized carbons (Fsp3) is 0.500. The van der Waals surface area contributed by atoms with Crippen LogP contribution in [0.2, 0.25) is 0 Å². The number of nitrogens with zero attached hydrogens (tertiary/aromatic N) is 2. The highest BCUT2D eigenvalue weighted by atomic mass is 16.5. The Balaban J connectivity index is 1.97. The second-order valence-corrected chi connectivity index (χ2v) is 5.77. The van der Waals surface area contributed by atoms with Crippen LogP contribution in [0, 0.1) is 0 Å². The molecule has 1 aromatic rings. The van der Waals surface area contributed by atoms with E-state index in [1.165, 1.54) is 0 Å². The van der Waals surface area contributed by atoms with Crippen LogP contribution in [0.1, 0.15) is 26.7 Å². The third-order valence-electron chi connectivity index (χ3n) is 3.98. The highest BCUT2D eigenvalue weighted by molar-refractivity contribution is 6.12. The number of carbonyl (C=O) groups excluding carboxylic acids is 2. The van der Waals surface area contributed by atoms with Crippen molar-refractivity contribution < 1.29 is 14.3 Å². The lowest BCUT2D eigenvalue weighted by Crippen LogP contribution is -2.52. The number of fused-ring (bicyclic) bond motifs is 1. The SMILES string of the molecule is CC(C)N1C(=O)CN(C(=O)C2CCCO2)c2ccccc21. The first-order valence-corrected chi connectivity index (χ1v) is 7.43. The number of hydrogen-bond donors (Lipinski definition) is 0. The summed E-state index contributed by atoms with van der Waals surface area (Å²) in [4.78, 5) is 28.4. The van der Waals surface area contributed by atoms with Gasteiger partial charge in [0, 0.05) is 12.6 Å². The zero-order chi connectivity index (χ0) is 15.0. The molecule has 1 fully saturated rings. The van der Waals surface area contributed by atoms with E-state index in [2.05, 4.69) is 0 Å². The van der Waals surface area contributed by atoms with Crippen molar-refractivity contribution in [3.63, 3.8) is 0 Å². The van der Waals surface area contributed by atoms with Gasteiger partial charge in [0.1, 0.15) is 12.6 Å². The molecule has 2 amide bonds. The standard InChI is InChI=1S/C16H20N2O3/c1-11(2)18-13-7-4-3-6-12(13)17(10-15(18)19)16(20)14-8-5-9-21-14/h3-4,6-7,11,14H,5,8-10H2,1-2H3. The van der Waals surface area contributed by atoms with Crippen molar-refractivity contribution >= 4 is 23.2 Å². The van der Waals surface area contributed by atoms with Gasteiger partial charge in [0.05, 0.1) is 11.4 Å². The summed E-state index contributed by atoms with van der Waals surface area (Å²) in [6, 6.07) is 7.63. The molecule has 1 aromatic carbocycles. The van der Waals surface area contributed by atoms with Gasteiger partial charge in [-0.15, -0.1) is 0 Å². The minimum absolute atomic E-state index is 0.0463. The zero-order valence-corrected chi connectivity index (χ0v) is 12.4. The first kappa shape index (κ1) is 14.1. The smallest absolute Gasteiger partial charge is 0.256 e. The topological polar surface area (TPSA) is 49.9 Å². The second-order valence-electron chi connectivity index (χ2n) is 5.77. The molecule has 2 heterocycles. The van der Waals surface area contributed by atoms with Crippen LogP contribution < -0.4 is 9.80 Å². The minimum Gasteiger partial charge on any atom is -0.368 e. The molecule has 5 nitrogen and oxygen atoms in total. The Hall–Kier alpha value is -1.88. The van der Waals surface area contributed by atoms with Gasteiger partial charge < -0.3 is 9.64 Å². The number of benzene rings is 1. The van der Waals surface area contributed by atoms with Gasteiger partial charge in [0.15, 0.2) is 0 Å². The number of rotatable bonds is 2.